The third kappa shape index (κ3) is 2.52. The summed E-state index contributed by atoms with van der Waals surface area (Å²) < 4.78 is 5.40. The molecule has 2 fully saturated rings. The maximum absolute atomic E-state index is 5.40. The normalized spacial score (nSPS) is 31.8. The van der Waals surface area contributed by atoms with Crippen molar-refractivity contribution < 1.29 is 4.74 Å². The van der Waals surface area contributed by atoms with Crippen LogP contribution < -0.4 is 5.32 Å². The van der Waals surface area contributed by atoms with E-state index in [1.54, 1.807) is 0 Å². The smallest absolute Gasteiger partial charge is 0.0478 e. The molecule has 2 saturated heterocycles. The van der Waals surface area contributed by atoms with E-state index in [0.717, 1.165) is 13.2 Å². The summed E-state index contributed by atoms with van der Waals surface area (Å²) >= 11 is 0. The minimum Gasteiger partial charge on any atom is -0.382 e. The maximum Gasteiger partial charge on any atom is 0.0478 e. The Bertz CT molecular complexity index is 185. The summed E-state index contributed by atoms with van der Waals surface area (Å²) in [4.78, 5) is 2.70. The van der Waals surface area contributed by atoms with Gasteiger partial charge in [-0.3, -0.25) is 4.90 Å². The Morgan fingerprint density at radius 2 is 2.33 bits per heavy atom. The van der Waals surface area contributed by atoms with Crippen LogP contribution in [0, 0.1) is 0 Å². The Hall–Kier alpha value is -0.120. The zero-order chi connectivity index (χ0) is 10.6. The molecule has 2 aliphatic heterocycles. The molecule has 1 unspecified atom stereocenters. The minimum absolute atomic E-state index is 0.520. The van der Waals surface area contributed by atoms with Crippen LogP contribution in [0.1, 0.15) is 32.6 Å². The number of hydrogen-bond acceptors (Lipinski definition) is 3. The molecule has 1 atom stereocenters. The molecule has 1 N–H and O–H groups in total. The van der Waals surface area contributed by atoms with Gasteiger partial charge in [0.15, 0.2) is 0 Å². The van der Waals surface area contributed by atoms with Gasteiger partial charge in [0.05, 0.1) is 0 Å². The van der Waals surface area contributed by atoms with E-state index in [1.807, 2.05) is 0 Å². The topological polar surface area (TPSA) is 24.5 Å². The van der Waals surface area contributed by atoms with Crippen molar-refractivity contribution >= 4 is 0 Å². The number of ether oxygens (including phenoxy) is 1. The minimum atomic E-state index is 0.520. The van der Waals surface area contributed by atoms with Crippen LogP contribution in [0.5, 0.6) is 0 Å². The van der Waals surface area contributed by atoms with Crippen LogP contribution >= 0.6 is 0 Å². The van der Waals surface area contributed by atoms with E-state index in [-0.39, 0.29) is 0 Å². The van der Waals surface area contributed by atoms with E-state index in [2.05, 4.69) is 17.1 Å². The van der Waals surface area contributed by atoms with Crippen molar-refractivity contribution in [1.29, 1.82) is 0 Å². The van der Waals surface area contributed by atoms with Crippen LogP contribution in [0.4, 0.5) is 0 Å². The van der Waals surface area contributed by atoms with E-state index < -0.39 is 0 Å². The predicted molar refractivity (Wildman–Crippen MR) is 62.1 cm³/mol. The summed E-state index contributed by atoms with van der Waals surface area (Å²) in [7, 11) is 0. The largest absolute Gasteiger partial charge is 0.382 e. The third-order valence-corrected chi connectivity index (χ3v) is 3.88. The molecule has 15 heavy (non-hydrogen) atoms. The Balaban J connectivity index is 1.75. The zero-order valence-corrected chi connectivity index (χ0v) is 9.93. The fraction of sp³-hybridized carbons (Fsp3) is 1.00. The monoisotopic (exact) mass is 212 g/mol. The number of hydrogen-bond donors (Lipinski definition) is 1. The van der Waals surface area contributed by atoms with Crippen molar-refractivity contribution in [3.05, 3.63) is 0 Å². The van der Waals surface area contributed by atoms with Gasteiger partial charge < -0.3 is 10.1 Å². The second-order valence-corrected chi connectivity index (χ2v) is 4.79. The average Bonchev–Trinajstić information content (AvgIpc) is 2.86. The van der Waals surface area contributed by atoms with Gasteiger partial charge in [0, 0.05) is 31.8 Å². The van der Waals surface area contributed by atoms with Crippen LogP contribution in [0.3, 0.4) is 0 Å². The first kappa shape index (κ1) is 11.4. The summed E-state index contributed by atoms with van der Waals surface area (Å²) in [6.07, 6.45) is 5.32. The van der Waals surface area contributed by atoms with Crippen molar-refractivity contribution in [2.24, 2.45) is 0 Å². The van der Waals surface area contributed by atoms with E-state index in [9.17, 15) is 0 Å². The molecule has 88 valence electrons. The lowest BCUT2D eigenvalue weighted by Gasteiger charge is -2.34. The van der Waals surface area contributed by atoms with E-state index in [0.29, 0.717) is 5.54 Å². The molecule has 2 rings (SSSR count). The molecule has 2 aliphatic rings. The Morgan fingerprint density at radius 3 is 3.07 bits per heavy atom. The van der Waals surface area contributed by atoms with Crippen molar-refractivity contribution in [3.63, 3.8) is 0 Å². The first-order valence-electron chi connectivity index (χ1n) is 6.41. The first-order valence-corrected chi connectivity index (χ1v) is 6.41. The summed E-state index contributed by atoms with van der Waals surface area (Å²) in [6, 6.07) is 0. The highest BCUT2D eigenvalue weighted by Crippen LogP contribution is 2.34. The molecule has 2 heterocycles. The van der Waals surface area contributed by atoms with E-state index >= 15 is 0 Å². The van der Waals surface area contributed by atoms with Gasteiger partial charge in [0.1, 0.15) is 0 Å². The number of likely N-dealkylation sites (tertiary alicyclic amines) is 1. The standard InChI is InChI=1S/C12H24N2O/c1-2-15-10-4-9-14-8-3-5-12(14)6-7-13-11-12/h13H,2-11H2,1H3. The third-order valence-electron chi connectivity index (χ3n) is 3.88. The molecule has 0 aromatic heterocycles. The highest BCUT2D eigenvalue weighted by molar-refractivity contribution is 5.01. The molecule has 0 aromatic carbocycles. The van der Waals surface area contributed by atoms with Gasteiger partial charge in [0.25, 0.3) is 0 Å². The molecule has 3 heteroatoms. The second kappa shape index (κ2) is 5.28. The van der Waals surface area contributed by atoms with Crippen LogP contribution in [0.25, 0.3) is 0 Å². The fourth-order valence-corrected chi connectivity index (χ4v) is 3.06. The van der Waals surface area contributed by atoms with Crippen molar-refractivity contribution in [2.75, 3.05) is 39.4 Å². The molecule has 3 nitrogen and oxygen atoms in total. The van der Waals surface area contributed by atoms with Gasteiger partial charge in [-0.05, 0) is 45.7 Å². The van der Waals surface area contributed by atoms with Crippen LogP contribution in [-0.4, -0.2) is 49.8 Å². The molecule has 1 spiro atoms. The van der Waals surface area contributed by atoms with Crippen molar-refractivity contribution in [3.8, 4) is 0 Å². The highest BCUT2D eigenvalue weighted by atomic mass is 16.5. The number of rotatable bonds is 5. The molecular formula is C12H24N2O. The van der Waals surface area contributed by atoms with Gasteiger partial charge in [-0.25, -0.2) is 0 Å². The Kier molecular flexibility index (Phi) is 4.00. The van der Waals surface area contributed by atoms with Gasteiger partial charge in [0.2, 0.25) is 0 Å². The van der Waals surface area contributed by atoms with E-state index in [1.165, 1.54) is 51.9 Å². The van der Waals surface area contributed by atoms with Gasteiger partial charge in [-0.1, -0.05) is 0 Å². The Labute approximate surface area is 93.2 Å². The summed E-state index contributed by atoms with van der Waals surface area (Å²) in [6.45, 7) is 8.79. The molecule has 0 bridgehead atoms. The zero-order valence-electron chi connectivity index (χ0n) is 9.93. The highest BCUT2D eigenvalue weighted by Gasteiger charge is 2.42. The molecule has 0 aromatic rings. The molecular weight excluding hydrogens is 188 g/mol. The summed E-state index contributed by atoms with van der Waals surface area (Å²) in [5.41, 5.74) is 0.520. The van der Waals surface area contributed by atoms with E-state index in [4.69, 9.17) is 4.74 Å². The van der Waals surface area contributed by atoms with Gasteiger partial charge in [-0.2, -0.15) is 0 Å². The van der Waals surface area contributed by atoms with Crippen LogP contribution in [0.15, 0.2) is 0 Å². The quantitative estimate of drug-likeness (QED) is 0.694. The fourth-order valence-electron chi connectivity index (χ4n) is 3.06. The first-order chi connectivity index (χ1) is 7.37. The summed E-state index contributed by atoms with van der Waals surface area (Å²) in [5, 5.41) is 3.51. The van der Waals surface area contributed by atoms with Gasteiger partial charge >= 0.3 is 0 Å². The van der Waals surface area contributed by atoms with Crippen LogP contribution in [-0.2, 0) is 4.74 Å². The lowest BCUT2D eigenvalue weighted by molar-refractivity contribution is 0.108. The average molecular weight is 212 g/mol. The predicted octanol–water partition coefficient (Wildman–Crippen LogP) is 1.24. The Morgan fingerprint density at radius 1 is 1.40 bits per heavy atom. The second-order valence-electron chi connectivity index (χ2n) is 4.79. The lowest BCUT2D eigenvalue weighted by Crippen LogP contribution is -2.46. The lowest BCUT2D eigenvalue weighted by atomic mass is 9.95. The summed E-state index contributed by atoms with van der Waals surface area (Å²) in [5.74, 6) is 0. The van der Waals surface area contributed by atoms with Crippen LogP contribution in [0.2, 0.25) is 0 Å². The van der Waals surface area contributed by atoms with Crippen molar-refractivity contribution in [2.45, 2.75) is 38.1 Å². The maximum atomic E-state index is 5.40. The number of nitrogens with one attached hydrogen (secondary N) is 1. The van der Waals surface area contributed by atoms with Gasteiger partial charge in [-0.15, -0.1) is 0 Å². The van der Waals surface area contributed by atoms with Crippen molar-refractivity contribution in [1.82, 2.24) is 10.2 Å². The molecule has 0 aliphatic carbocycles. The SMILES string of the molecule is CCOCCCN1CCCC12CCNC2. The molecule has 0 saturated carbocycles. The number of nitrogens with zero attached hydrogens (tertiary/aromatic N) is 1. The molecule has 0 radical (unpaired) electrons. The molecule has 0 amide bonds.